The van der Waals surface area contributed by atoms with E-state index in [1.165, 1.54) is 0 Å². The van der Waals surface area contributed by atoms with Crippen LogP contribution < -0.4 is 9.47 Å². The third kappa shape index (κ3) is 2.81. The molecular weight excluding hydrogens is 310 g/mol. The molecule has 1 saturated heterocycles. The lowest BCUT2D eigenvalue weighted by molar-refractivity contribution is -0.149. The van der Waals surface area contributed by atoms with E-state index in [1.807, 2.05) is 13.0 Å². The molecule has 130 valence electrons. The number of ether oxygens (including phenoxy) is 2. The summed E-state index contributed by atoms with van der Waals surface area (Å²) in [6.07, 6.45) is 2.48. The van der Waals surface area contributed by atoms with Crippen molar-refractivity contribution in [2.24, 2.45) is 11.3 Å². The first kappa shape index (κ1) is 16.6. The van der Waals surface area contributed by atoms with Gasteiger partial charge in [-0.15, -0.1) is 0 Å². The average molecular weight is 333 g/mol. The van der Waals surface area contributed by atoms with Crippen LogP contribution in [-0.2, 0) is 9.59 Å². The number of hydrogen-bond donors (Lipinski definition) is 1. The van der Waals surface area contributed by atoms with Gasteiger partial charge >= 0.3 is 5.97 Å². The summed E-state index contributed by atoms with van der Waals surface area (Å²) >= 11 is 0. The largest absolute Gasteiger partial charge is 0.496 e. The first-order valence-electron chi connectivity index (χ1n) is 8.25. The van der Waals surface area contributed by atoms with Crippen LogP contribution in [0.4, 0.5) is 0 Å². The van der Waals surface area contributed by atoms with Crippen LogP contribution in [0.1, 0.15) is 24.8 Å². The Balaban J connectivity index is 1.60. The van der Waals surface area contributed by atoms with E-state index < -0.39 is 11.4 Å². The predicted molar refractivity (Wildman–Crippen MR) is 87.2 cm³/mol. The molecule has 2 fully saturated rings. The molecule has 0 bridgehead atoms. The maximum absolute atomic E-state index is 12.4. The van der Waals surface area contributed by atoms with Crippen molar-refractivity contribution in [3.05, 3.63) is 23.8 Å². The molecule has 1 saturated carbocycles. The number of carbonyl (C=O) groups is 2. The zero-order chi connectivity index (χ0) is 17.3. The SMILES string of the molecule is COc1ccc(OCC(=O)N2C[C@@H]3CCC[C@@]3(C(=O)O)C2)cc1C. The maximum Gasteiger partial charge on any atom is 0.311 e. The molecule has 6 nitrogen and oxygen atoms in total. The molecule has 2 aliphatic rings. The van der Waals surface area contributed by atoms with E-state index in [4.69, 9.17) is 9.47 Å². The van der Waals surface area contributed by atoms with Crippen LogP contribution in [0.2, 0.25) is 0 Å². The van der Waals surface area contributed by atoms with Gasteiger partial charge in [0, 0.05) is 13.1 Å². The average Bonchev–Trinajstić information content (AvgIpc) is 3.11. The summed E-state index contributed by atoms with van der Waals surface area (Å²) in [6.45, 7) is 2.66. The molecule has 1 N–H and O–H groups in total. The third-order valence-electron chi connectivity index (χ3n) is 5.38. The fraction of sp³-hybridized carbons (Fsp3) is 0.556. The van der Waals surface area contributed by atoms with Gasteiger partial charge in [-0.25, -0.2) is 0 Å². The van der Waals surface area contributed by atoms with Crippen molar-refractivity contribution in [1.82, 2.24) is 4.90 Å². The van der Waals surface area contributed by atoms with Gasteiger partial charge in [-0.2, -0.15) is 0 Å². The number of benzene rings is 1. The Morgan fingerprint density at radius 3 is 2.83 bits per heavy atom. The quantitative estimate of drug-likeness (QED) is 0.893. The van der Waals surface area contributed by atoms with Gasteiger partial charge in [-0.3, -0.25) is 9.59 Å². The summed E-state index contributed by atoms with van der Waals surface area (Å²) in [5, 5.41) is 9.58. The number of methoxy groups -OCH3 is 1. The summed E-state index contributed by atoms with van der Waals surface area (Å²) in [7, 11) is 1.61. The second kappa shape index (κ2) is 6.34. The first-order valence-corrected chi connectivity index (χ1v) is 8.25. The van der Waals surface area contributed by atoms with Gasteiger partial charge in [0.05, 0.1) is 12.5 Å². The highest BCUT2D eigenvalue weighted by atomic mass is 16.5. The normalized spacial score (nSPS) is 25.4. The van der Waals surface area contributed by atoms with Crippen LogP contribution >= 0.6 is 0 Å². The van der Waals surface area contributed by atoms with Crippen molar-refractivity contribution in [3.63, 3.8) is 0 Å². The molecule has 24 heavy (non-hydrogen) atoms. The minimum absolute atomic E-state index is 0.0715. The van der Waals surface area contributed by atoms with Crippen molar-refractivity contribution in [2.45, 2.75) is 26.2 Å². The van der Waals surface area contributed by atoms with Gasteiger partial charge in [0.25, 0.3) is 5.91 Å². The number of carbonyl (C=O) groups excluding carboxylic acids is 1. The number of likely N-dealkylation sites (tertiary alicyclic amines) is 1. The summed E-state index contributed by atoms with van der Waals surface area (Å²) < 4.78 is 10.8. The molecule has 0 aromatic heterocycles. The smallest absolute Gasteiger partial charge is 0.311 e. The highest BCUT2D eigenvalue weighted by Gasteiger charge is 2.55. The number of rotatable bonds is 5. The van der Waals surface area contributed by atoms with Crippen LogP contribution in [-0.4, -0.2) is 48.7 Å². The standard InChI is InChI=1S/C18H23NO5/c1-12-8-14(5-6-15(12)23-2)24-10-16(20)19-9-13-4-3-7-18(13,11-19)17(21)22/h5-6,8,13H,3-4,7,9-11H2,1-2H3,(H,21,22)/t13-,18+/m0/s1. The van der Waals surface area contributed by atoms with Gasteiger partial charge in [-0.1, -0.05) is 6.42 Å². The second-order valence-corrected chi connectivity index (χ2v) is 6.74. The molecule has 0 spiro atoms. The van der Waals surface area contributed by atoms with Gasteiger partial charge in [-0.05, 0) is 49.4 Å². The van der Waals surface area contributed by atoms with Gasteiger partial charge in [0.2, 0.25) is 0 Å². The Labute approximate surface area is 141 Å². The number of nitrogens with zero attached hydrogens (tertiary/aromatic N) is 1. The molecule has 1 heterocycles. The summed E-state index contributed by atoms with van der Waals surface area (Å²) in [4.78, 5) is 25.7. The molecule has 2 atom stereocenters. The molecule has 0 radical (unpaired) electrons. The van der Waals surface area contributed by atoms with Crippen LogP contribution in [0, 0.1) is 18.3 Å². The maximum atomic E-state index is 12.4. The Kier molecular flexibility index (Phi) is 4.39. The molecule has 1 aliphatic carbocycles. The minimum Gasteiger partial charge on any atom is -0.496 e. The third-order valence-corrected chi connectivity index (χ3v) is 5.38. The van der Waals surface area contributed by atoms with Crippen molar-refractivity contribution in [1.29, 1.82) is 0 Å². The molecule has 1 aliphatic heterocycles. The van der Waals surface area contributed by atoms with Crippen LogP contribution in [0.5, 0.6) is 11.5 Å². The Morgan fingerprint density at radius 2 is 2.21 bits per heavy atom. The summed E-state index contributed by atoms with van der Waals surface area (Å²) in [5.74, 6) is 0.520. The lowest BCUT2D eigenvalue weighted by Crippen LogP contribution is -2.38. The molecule has 3 rings (SSSR count). The number of carboxylic acids is 1. The van der Waals surface area contributed by atoms with Crippen molar-refractivity contribution in [3.8, 4) is 11.5 Å². The first-order chi connectivity index (χ1) is 11.5. The second-order valence-electron chi connectivity index (χ2n) is 6.74. The fourth-order valence-corrected chi connectivity index (χ4v) is 4.01. The van der Waals surface area contributed by atoms with Crippen molar-refractivity contribution >= 4 is 11.9 Å². The predicted octanol–water partition coefficient (Wildman–Crippen LogP) is 2.10. The zero-order valence-electron chi connectivity index (χ0n) is 14.1. The van der Waals surface area contributed by atoms with Crippen LogP contribution in [0.25, 0.3) is 0 Å². The Bertz CT molecular complexity index is 659. The Morgan fingerprint density at radius 1 is 1.42 bits per heavy atom. The minimum atomic E-state index is -0.771. The number of fused-ring (bicyclic) bond motifs is 1. The van der Waals surface area contributed by atoms with E-state index in [1.54, 1.807) is 24.1 Å². The topological polar surface area (TPSA) is 76.1 Å². The fourth-order valence-electron chi connectivity index (χ4n) is 4.01. The zero-order valence-corrected chi connectivity index (χ0v) is 14.1. The van der Waals surface area contributed by atoms with E-state index in [9.17, 15) is 14.7 Å². The molecule has 1 aromatic carbocycles. The number of amides is 1. The van der Waals surface area contributed by atoms with Crippen molar-refractivity contribution in [2.75, 3.05) is 26.8 Å². The highest BCUT2D eigenvalue weighted by molar-refractivity contribution is 5.82. The van der Waals surface area contributed by atoms with E-state index in [0.717, 1.165) is 24.2 Å². The molecule has 0 unspecified atom stereocenters. The Hall–Kier alpha value is -2.24. The molecular formula is C18H23NO5. The molecule has 1 amide bonds. The number of hydrogen-bond acceptors (Lipinski definition) is 4. The summed E-state index contributed by atoms with van der Waals surface area (Å²) in [6, 6.07) is 5.38. The number of carboxylic acid groups (broad SMARTS) is 1. The van der Waals surface area contributed by atoms with Crippen LogP contribution in [0.15, 0.2) is 18.2 Å². The lowest BCUT2D eigenvalue weighted by atomic mass is 9.81. The van der Waals surface area contributed by atoms with Gasteiger partial charge in [0.15, 0.2) is 6.61 Å². The van der Waals surface area contributed by atoms with E-state index in [0.29, 0.717) is 25.3 Å². The van der Waals surface area contributed by atoms with E-state index in [-0.39, 0.29) is 18.4 Å². The van der Waals surface area contributed by atoms with E-state index >= 15 is 0 Å². The molecule has 6 heteroatoms. The summed E-state index contributed by atoms with van der Waals surface area (Å²) in [5.41, 5.74) is 0.190. The van der Waals surface area contributed by atoms with Crippen LogP contribution in [0.3, 0.4) is 0 Å². The van der Waals surface area contributed by atoms with Gasteiger partial charge < -0.3 is 19.5 Å². The number of aliphatic carboxylic acids is 1. The van der Waals surface area contributed by atoms with Gasteiger partial charge in [0.1, 0.15) is 11.5 Å². The highest BCUT2D eigenvalue weighted by Crippen LogP contribution is 2.48. The molecule has 1 aromatic rings. The van der Waals surface area contributed by atoms with Crippen molar-refractivity contribution < 1.29 is 24.2 Å². The number of aryl methyl sites for hydroxylation is 1. The van der Waals surface area contributed by atoms with E-state index in [2.05, 4.69) is 0 Å². The lowest BCUT2D eigenvalue weighted by Gasteiger charge is -2.23. The monoisotopic (exact) mass is 333 g/mol.